The highest BCUT2D eigenvalue weighted by molar-refractivity contribution is 5.95. The van der Waals surface area contributed by atoms with Crippen molar-refractivity contribution in [1.29, 1.82) is 0 Å². The van der Waals surface area contributed by atoms with Crippen LogP contribution in [0.4, 0.5) is 5.69 Å². The molecule has 27 heavy (non-hydrogen) atoms. The Labute approximate surface area is 158 Å². The molecule has 3 rings (SSSR count). The molecule has 0 aliphatic carbocycles. The van der Waals surface area contributed by atoms with Gasteiger partial charge in [-0.15, -0.1) is 0 Å². The van der Waals surface area contributed by atoms with E-state index in [0.29, 0.717) is 24.2 Å². The summed E-state index contributed by atoms with van der Waals surface area (Å²) >= 11 is 0. The van der Waals surface area contributed by atoms with Gasteiger partial charge in [-0.1, -0.05) is 24.3 Å². The highest BCUT2D eigenvalue weighted by Gasteiger charge is 2.20. The summed E-state index contributed by atoms with van der Waals surface area (Å²) in [7, 11) is 0. The van der Waals surface area contributed by atoms with Crippen molar-refractivity contribution in [2.45, 2.75) is 26.3 Å². The topological polar surface area (TPSA) is 75.7 Å². The number of carbonyl (C=O) groups excluding carboxylic acids is 3. The van der Waals surface area contributed by atoms with Crippen LogP contribution in [-0.2, 0) is 20.9 Å². The van der Waals surface area contributed by atoms with E-state index in [0.717, 1.165) is 24.1 Å². The molecule has 0 unspecified atom stereocenters. The zero-order valence-corrected chi connectivity index (χ0v) is 15.2. The van der Waals surface area contributed by atoms with Gasteiger partial charge in [0.15, 0.2) is 6.61 Å². The lowest BCUT2D eigenvalue weighted by atomic mass is 10.1. The quantitative estimate of drug-likeness (QED) is 0.798. The molecule has 2 aromatic carbocycles. The molecule has 1 N–H and O–H groups in total. The second-order valence-corrected chi connectivity index (χ2v) is 6.61. The molecule has 6 heteroatoms. The molecule has 0 spiro atoms. The van der Waals surface area contributed by atoms with Crippen LogP contribution in [0.3, 0.4) is 0 Å². The molecule has 0 atom stereocenters. The van der Waals surface area contributed by atoms with Crippen molar-refractivity contribution < 1.29 is 19.1 Å². The molecule has 1 aliphatic heterocycles. The number of benzene rings is 2. The van der Waals surface area contributed by atoms with Crippen LogP contribution >= 0.6 is 0 Å². The fourth-order valence-electron chi connectivity index (χ4n) is 2.97. The van der Waals surface area contributed by atoms with Gasteiger partial charge in [-0.05, 0) is 48.7 Å². The first-order valence-electron chi connectivity index (χ1n) is 8.91. The maximum absolute atomic E-state index is 12.1. The Kier molecular flexibility index (Phi) is 5.86. The average Bonchev–Trinajstić information content (AvgIpc) is 3.05. The summed E-state index contributed by atoms with van der Waals surface area (Å²) in [5.41, 5.74) is 3.02. The lowest BCUT2D eigenvalue weighted by molar-refractivity contribution is -0.128. The van der Waals surface area contributed by atoms with E-state index >= 15 is 0 Å². The van der Waals surface area contributed by atoms with Crippen LogP contribution in [0.1, 0.15) is 34.3 Å². The lowest BCUT2D eigenvalue weighted by Crippen LogP contribution is -2.23. The largest absolute Gasteiger partial charge is 0.452 e. The number of rotatable bonds is 6. The SMILES string of the molecule is Cc1cccc(NC(=O)COC(=O)c2ccc(CN3CCCC3=O)cc2)c1. The van der Waals surface area contributed by atoms with E-state index in [4.69, 9.17) is 4.74 Å². The van der Waals surface area contributed by atoms with Crippen molar-refractivity contribution >= 4 is 23.5 Å². The highest BCUT2D eigenvalue weighted by atomic mass is 16.5. The van der Waals surface area contributed by atoms with E-state index in [1.54, 1.807) is 30.3 Å². The minimum Gasteiger partial charge on any atom is -0.452 e. The van der Waals surface area contributed by atoms with Gasteiger partial charge >= 0.3 is 5.97 Å². The average molecular weight is 366 g/mol. The van der Waals surface area contributed by atoms with Crippen LogP contribution in [-0.4, -0.2) is 35.8 Å². The van der Waals surface area contributed by atoms with Gasteiger partial charge in [-0.25, -0.2) is 4.79 Å². The monoisotopic (exact) mass is 366 g/mol. The molecular weight excluding hydrogens is 344 g/mol. The number of nitrogens with one attached hydrogen (secondary N) is 1. The predicted molar refractivity (Wildman–Crippen MR) is 101 cm³/mol. The summed E-state index contributed by atoms with van der Waals surface area (Å²) < 4.78 is 5.07. The second kappa shape index (κ2) is 8.49. The number of esters is 1. The number of carbonyl (C=O) groups is 3. The number of aryl methyl sites for hydroxylation is 1. The zero-order chi connectivity index (χ0) is 19.2. The lowest BCUT2D eigenvalue weighted by Gasteiger charge is -2.15. The molecule has 0 radical (unpaired) electrons. The third-order valence-electron chi connectivity index (χ3n) is 4.37. The van der Waals surface area contributed by atoms with Gasteiger partial charge in [0, 0.05) is 25.2 Å². The minimum absolute atomic E-state index is 0.165. The molecule has 0 saturated carbocycles. The van der Waals surface area contributed by atoms with Gasteiger partial charge in [0.2, 0.25) is 5.91 Å². The van der Waals surface area contributed by atoms with E-state index in [1.807, 2.05) is 30.0 Å². The zero-order valence-electron chi connectivity index (χ0n) is 15.2. The first kappa shape index (κ1) is 18.6. The van der Waals surface area contributed by atoms with Crippen LogP contribution in [0.2, 0.25) is 0 Å². The number of ether oxygens (including phenoxy) is 1. The van der Waals surface area contributed by atoms with E-state index in [-0.39, 0.29) is 12.5 Å². The summed E-state index contributed by atoms with van der Waals surface area (Å²) in [6.07, 6.45) is 1.50. The van der Waals surface area contributed by atoms with E-state index in [2.05, 4.69) is 5.32 Å². The third kappa shape index (κ3) is 5.17. The Hall–Kier alpha value is -3.15. The molecule has 1 fully saturated rings. The molecule has 0 aromatic heterocycles. The van der Waals surface area contributed by atoms with Crippen LogP contribution in [0.5, 0.6) is 0 Å². The smallest absolute Gasteiger partial charge is 0.338 e. The Morgan fingerprint density at radius 2 is 1.93 bits per heavy atom. The number of likely N-dealkylation sites (tertiary alicyclic amines) is 1. The molecule has 140 valence electrons. The van der Waals surface area contributed by atoms with Gasteiger partial charge in [0.05, 0.1) is 5.56 Å². The summed E-state index contributed by atoms with van der Waals surface area (Å²) in [4.78, 5) is 37.5. The Bertz CT molecular complexity index is 846. The summed E-state index contributed by atoms with van der Waals surface area (Å²) in [6.45, 7) is 2.90. The Balaban J connectivity index is 1.49. The molecule has 2 aromatic rings. The predicted octanol–water partition coefficient (Wildman–Crippen LogP) is 2.91. The highest BCUT2D eigenvalue weighted by Crippen LogP contribution is 2.15. The van der Waals surface area contributed by atoms with Crippen LogP contribution in [0, 0.1) is 6.92 Å². The molecular formula is C21H22N2O4. The normalized spacial score (nSPS) is 13.5. The van der Waals surface area contributed by atoms with Gasteiger partial charge in [0.25, 0.3) is 5.91 Å². The second-order valence-electron chi connectivity index (χ2n) is 6.61. The van der Waals surface area contributed by atoms with E-state index < -0.39 is 11.9 Å². The van der Waals surface area contributed by atoms with Crippen molar-refractivity contribution in [3.05, 3.63) is 65.2 Å². The summed E-state index contributed by atoms with van der Waals surface area (Å²) in [5, 5.41) is 2.69. The molecule has 2 amide bonds. The van der Waals surface area contributed by atoms with E-state index in [1.165, 1.54) is 0 Å². The number of hydrogen-bond donors (Lipinski definition) is 1. The van der Waals surface area contributed by atoms with Gasteiger partial charge < -0.3 is 15.0 Å². The first-order valence-corrected chi connectivity index (χ1v) is 8.91. The molecule has 6 nitrogen and oxygen atoms in total. The standard InChI is InChI=1S/C21H22N2O4/c1-15-4-2-5-18(12-15)22-19(24)14-27-21(26)17-9-7-16(8-10-17)13-23-11-3-6-20(23)25/h2,4-5,7-10,12H,3,6,11,13-14H2,1H3,(H,22,24). The number of amides is 2. The summed E-state index contributed by atoms with van der Waals surface area (Å²) in [5.74, 6) is -0.783. The van der Waals surface area contributed by atoms with E-state index in [9.17, 15) is 14.4 Å². The van der Waals surface area contributed by atoms with Crippen molar-refractivity contribution in [3.8, 4) is 0 Å². The van der Waals surface area contributed by atoms with Gasteiger partial charge in [-0.2, -0.15) is 0 Å². The fraction of sp³-hybridized carbons (Fsp3) is 0.286. The summed E-state index contributed by atoms with van der Waals surface area (Å²) in [6, 6.07) is 14.3. The van der Waals surface area contributed by atoms with Crippen LogP contribution in [0.15, 0.2) is 48.5 Å². The molecule has 1 saturated heterocycles. The minimum atomic E-state index is -0.557. The van der Waals surface area contributed by atoms with Crippen LogP contribution in [0.25, 0.3) is 0 Å². The number of nitrogens with zero attached hydrogens (tertiary/aromatic N) is 1. The maximum atomic E-state index is 12.1. The van der Waals surface area contributed by atoms with Gasteiger partial charge in [-0.3, -0.25) is 9.59 Å². The van der Waals surface area contributed by atoms with Crippen molar-refractivity contribution in [3.63, 3.8) is 0 Å². The Morgan fingerprint density at radius 1 is 1.15 bits per heavy atom. The molecule has 0 bridgehead atoms. The maximum Gasteiger partial charge on any atom is 0.338 e. The Morgan fingerprint density at radius 3 is 2.59 bits per heavy atom. The van der Waals surface area contributed by atoms with Crippen molar-refractivity contribution in [2.24, 2.45) is 0 Å². The first-order chi connectivity index (χ1) is 13.0. The third-order valence-corrected chi connectivity index (χ3v) is 4.37. The van der Waals surface area contributed by atoms with Gasteiger partial charge in [0.1, 0.15) is 0 Å². The number of hydrogen-bond acceptors (Lipinski definition) is 4. The number of anilines is 1. The van der Waals surface area contributed by atoms with Crippen molar-refractivity contribution in [1.82, 2.24) is 4.90 Å². The van der Waals surface area contributed by atoms with Crippen LogP contribution < -0.4 is 5.32 Å². The fourth-order valence-corrected chi connectivity index (χ4v) is 2.97. The molecule has 1 heterocycles. The van der Waals surface area contributed by atoms with Crippen molar-refractivity contribution in [2.75, 3.05) is 18.5 Å². The molecule has 1 aliphatic rings.